The Bertz CT molecular complexity index is 583. The van der Waals surface area contributed by atoms with Gasteiger partial charge in [0.1, 0.15) is 5.82 Å². The van der Waals surface area contributed by atoms with Gasteiger partial charge >= 0.3 is 5.97 Å². The van der Waals surface area contributed by atoms with Gasteiger partial charge in [0.05, 0.1) is 12.2 Å². The number of hydrogen-bond acceptors (Lipinski definition) is 6. The number of ether oxygens (including phenoxy) is 1. The lowest BCUT2D eigenvalue weighted by molar-refractivity contribution is 0.0508. The average molecular weight is 251 g/mol. The summed E-state index contributed by atoms with van der Waals surface area (Å²) in [6, 6.07) is 3.73. The number of aromatic nitrogens is 2. The van der Waals surface area contributed by atoms with Gasteiger partial charge < -0.3 is 15.0 Å². The number of benzene rings is 1. The molecule has 6 nitrogen and oxygen atoms in total. The van der Waals surface area contributed by atoms with Crippen LogP contribution in [0.3, 0.4) is 0 Å². The highest BCUT2D eigenvalue weighted by molar-refractivity contribution is 5.85. The summed E-state index contributed by atoms with van der Waals surface area (Å²) >= 11 is 0. The van der Waals surface area contributed by atoms with Crippen molar-refractivity contribution >= 4 is 11.7 Å². The molecule has 0 amide bonds. The second kappa shape index (κ2) is 4.82. The minimum Gasteiger partial charge on any atom is -0.460 e. The van der Waals surface area contributed by atoms with Gasteiger partial charge in [-0.3, -0.25) is 0 Å². The van der Waals surface area contributed by atoms with E-state index in [9.17, 15) is 9.18 Å². The molecule has 94 valence electrons. The molecule has 0 atom stereocenters. The van der Waals surface area contributed by atoms with Gasteiger partial charge in [-0.1, -0.05) is 0 Å². The van der Waals surface area contributed by atoms with Crippen LogP contribution in [0.2, 0.25) is 0 Å². The number of nitrogen functional groups attached to an aromatic ring is 1. The first-order valence-electron chi connectivity index (χ1n) is 5.18. The molecule has 2 rings (SSSR count). The van der Waals surface area contributed by atoms with Crippen LogP contribution in [0.1, 0.15) is 17.5 Å². The van der Waals surface area contributed by atoms with E-state index in [1.165, 1.54) is 12.1 Å². The van der Waals surface area contributed by atoms with Crippen LogP contribution in [-0.2, 0) is 4.74 Å². The van der Waals surface area contributed by atoms with Crippen molar-refractivity contribution in [3.05, 3.63) is 29.8 Å². The molecule has 7 heteroatoms. The standard InChI is InChI=1S/C11H10FN3O3/c1-2-17-11(16)9-14-10(18-15-9)7-5-6(12)3-4-8(7)13/h3-5H,2,13H2,1H3. The number of carbonyl (C=O) groups excluding carboxylic acids is 1. The van der Waals surface area contributed by atoms with Gasteiger partial charge in [-0.05, 0) is 30.3 Å². The third-order valence-corrected chi connectivity index (χ3v) is 2.13. The van der Waals surface area contributed by atoms with E-state index in [1.807, 2.05) is 0 Å². The van der Waals surface area contributed by atoms with Crippen molar-refractivity contribution in [3.63, 3.8) is 0 Å². The molecule has 1 aromatic heterocycles. The fourth-order valence-corrected chi connectivity index (χ4v) is 1.33. The zero-order chi connectivity index (χ0) is 13.1. The van der Waals surface area contributed by atoms with E-state index in [2.05, 4.69) is 10.1 Å². The Morgan fingerprint density at radius 2 is 2.33 bits per heavy atom. The van der Waals surface area contributed by atoms with Crippen LogP contribution in [-0.4, -0.2) is 22.7 Å². The lowest BCUT2D eigenvalue weighted by Crippen LogP contribution is -2.06. The molecular formula is C11H10FN3O3. The van der Waals surface area contributed by atoms with Crippen molar-refractivity contribution in [2.24, 2.45) is 0 Å². The molecule has 0 fully saturated rings. The Kier molecular flexibility index (Phi) is 3.22. The normalized spacial score (nSPS) is 10.3. The van der Waals surface area contributed by atoms with Crippen molar-refractivity contribution < 1.29 is 18.4 Å². The molecule has 0 aliphatic heterocycles. The zero-order valence-corrected chi connectivity index (χ0v) is 9.51. The maximum absolute atomic E-state index is 13.1. The van der Waals surface area contributed by atoms with Crippen molar-refractivity contribution in [2.45, 2.75) is 6.92 Å². The lowest BCUT2D eigenvalue weighted by Gasteiger charge is -1.99. The zero-order valence-electron chi connectivity index (χ0n) is 9.51. The Labute approximate surface area is 102 Å². The average Bonchev–Trinajstić information content (AvgIpc) is 2.82. The smallest absolute Gasteiger partial charge is 0.379 e. The summed E-state index contributed by atoms with van der Waals surface area (Å²) in [5.41, 5.74) is 6.16. The SMILES string of the molecule is CCOC(=O)c1noc(-c2cc(F)ccc2N)n1. The Morgan fingerprint density at radius 3 is 3.06 bits per heavy atom. The fourth-order valence-electron chi connectivity index (χ4n) is 1.33. The third-order valence-electron chi connectivity index (χ3n) is 2.13. The maximum Gasteiger partial charge on any atom is 0.379 e. The lowest BCUT2D eigenvalue weighted by atomic mass is 10.2. The molecule has 0 aliphatic carbocycles. The number of nitrogens with zero attached hydrogens (tertiary/aromatic N) is 2. The Balaban J connectivity index is 2.35. The van der Waals surface area contributed by atoms with E-state index in [-0.39, 0.29) is 29.6 Å². The second-order valence-corrected chi connectivity index (χ2v) is 3.38. The third kappa shape index (κ3) is 2.29. The molecule has 2 N–H and O–H groups in total. The molecule has 1 heterocycles. The first kappa shape index (κ1) is 12.0. The van der Waals surface area contributed by atoms with Gasteiger partial charge in [-0.2, -0.15) is 4.98 Å². The van der Waals surface area contributed by atoms with Gasteiger partial charge in [0.2, 0.25) is 0 Å². The summed E-state index contributed by atoms with van der Waals surface area (Å²) in [4.78, 5) is 15.1. The molecule has 18 heavy (non-hydrogen) atoms. The Hall–Kier alpha value is -2.44. The number of halogens is 1. The second-order valence-electron chi connectivity index (χ2n) is 3.38. The largest absolute Gasteiger partial charge is 0.460 e. The van der Waals surface area contributed by atoms with Crippen LogP contribution < -0.4 is 5.73 Å². The van der Waals surface area contributed by atoms with Gasteiger partial charge in [0.25, 0.3) is 11.7 Å². The number of rotatable bonds is 3. The summed E-state index contributed by atoms with van der Waals surface area (Å²) in [6.07, 6.45) is 0. The summed E-state index contributed by atoms with van der Waals surface area (Å²) in [6.45, 7) is 1.86. The molecule has 1 aromatic carbocycles. The summed E-state index contributed by atoms with van der Waals surface area (Å²) in [7, 11) is 0. The van der Waals surface area contributed by atoms with Gasteiger partial charge in [0, 0.05) is 5.69 Å². The molecule has 0 radical (unpaired) electrons. The number of anilines is 1. The van der Waals surface area contributed by atoms with Crippen LogP contribution >= 0.6 is 0 Å². The highest BCUT2D eigenvalue weighted by Crippen LogP contribution is 2.25. The molecule has 0 saturated carbocycles. The van der Waals surface area contributed by atoms with Crippen molar-refractivity contribution in [1.29, 1.82) is 0 Å². The van der Waals surface area contributed by atoms with E-state index in [0.717, 1.165) is 6.07 Å². The molecule has 0 bridgehead atoms. The summed E-state index contributed by atoms with van der Waals surface area (Å²) in [5.74, 6) is -1.46. The molecule has 0 unspecified atom stereocenters. The molecule has 0 spiro atoms. The number of carbonyl (C=O) groups is 1. The molecule has 2 aromatic rings. The van der Waals surface area contributed by atoms with E-state index in [4.69, 9.17) is 15.0 Å². The van der Waals surface area contributed by atoms with Gasteiger partial charge in [-0.25, -0.2) is 9.18 Å². The van der Waals surface area contributed by atoms with Crippen LogP contribution in [0.25, 0.3) is 11.5 Å². The number of nitrogens with two attached hydrogens (primary N) is 1. The molecule has 0 aliphatic rings. The molecule has 0 saturated heterocycles. The maximum atomic E-state index is 13.1. The quantitative estimate of drug-likeness (QED) is 0.658. The monoisotopic (exact) mass is 251 g/mol. The number of hydrogen-bond donors (Lipinski definition) is 1. The summed E-state index contributed by atoms with van der Waals surface area (Å²) in [5, 5.41) is 3.44. The minimum absolute atomic E-state index is 0.0324. The highest BCUT2D eigenvalue weighted by atomic mass is 19.1. The number of esters is 1. The highest BCUT2D eigenvalue weighted by Gasteiger charge is 2.18. The fraction of sp³-hybridized carbons (Fsp3) is 0.182. The molecular weight excluding hydrogens is 241 g/mol. The Morgan fingerprint density at radius 1 is 1.56 bits per heavy atom. The van der Waals surface area contributed by atoms with Crippen molar-refractivity contribution in [3.8, 4) is 11.5 Å². The topological polar surface area (TPSA) is 91.2 Å². The van der Waals surface area contributed by atoms with Gasteiger partial charge in [0.15, 0.2) is 0 Å². The first-order valence-corrected chi connectivity index (χ1v) is 5.18. The first-order chi connectivity index (χ1) is 8.61. The van der Waals surface area contributed by atoms with Crippen LogP contribution in [0.15, 0.2) is 22.7 Å². The summed E-state index contributed by atoms with van der Waals surface area (Å²) < 4.78 is 22.6. The van der Waals surface area contributed by atoms with Crippen LogP contribution in [0.4, 0.5) is 10.1 Å². The van der Waals surface area contributed by atoms with Crippen molar-refractivity contribution in [1.82, 2.24) is 10.1 Å². The van der Waals surface area contributed by atoms with Crippen LogP contribution in [0.5, 0.6) is 0 Å². The van der Waals surface area contributed by atoms with Gasteiger partial charge in [-0.15, -0.1) is 0 Å². The van der Waals surface area contributed by atoms with E-state index in [1.54, 1.807) is 6.92 Å². The predicted octanol–water partition coefficient (Wildman–Crippen LogP) is 1.63. The van der Waals surface area contributed by atoms with Crippen LogP contribution in [0, 0.1) is 5.82 Å². The van der Waals surface area contributed by atoms with E-state index >= 15 is 0 Å². The van der Waals surface area contributed by atoms with E-state index < -0.39 is 11.8 Å². The predicted molar refractivity (Wildman–Crippen MR) is 60.1 cm³/mol. The minimum atomic E-state index is -0.706. The van der Waals surface area contributed by atoms with Crippen molar-refractivity contribution in [2.75, 3.05) is 12.3 Å². The van der Waals surface area contributed by atoms with E-state index in [0.29, 0.717) is 0 Å².